The molecule has 15 heavy (non-hydrogen) atoms. The number of aliphatic carboxylic acids is 1. The van der Waals surface area contributed by atoms with Gasteiger partial charge in [-0.1, -0.05) is 17.3 Å². The Kier molecular flexibility index (Phi) is 2.37. The molecule has 0 aromatic heterocycles. The van der Waals surface area contributed by atoms with Crippen molar-refractivity contribution in [1.29, 1.82) is 0 Å². The number of nitrogens with zero attached hydrogens (tertiary/aromatic N) is 1. The van der Waals surface area contributed by atoms with E-state index in [4.69, 9.17) is 9.94 Å². The minimum atomic E-state index is -1.05. The highest BCUT2D eigenvalue weighted by molar-refractivity contribution is 6.03. The maximum atomic E-state index is 12.6. The molecule has 2 rings (SSSR count). The molecule has 0 fully saturated rings. The van der Waals surface area contributed by atoms with Crippen LogP contribution in [-0.2, 0) is 9.63 Å². The van der Waals surface area contributed by atoms with E-state index in [1.165, 1.54) is 12.1 Å². The number of rotatable bonds is 2. The van der Waals surface area contributed by atoms with E-state index in [9.17, 15) is 9.18 Å². The molecular weight excluding hydrogens is 201 g/mol. The number of carboxylic acid groups (broad SMARTS) is 1. The highest BCUT2D eigenvalue weighted by atomic mass is 19.1. The SMILES string of the molecule is O=C(O)[C@@H]1CC(c2ccc(F)cc2)=NO1. The first-order valence-electron chi connectivity index (χ1n) is 4.38. The predicted octanol–water partition coefficient (Wildman–Crippen LogP) is 1.40. The fourth-order valence-electron chi connectivity index (χ4n) is 1.32. The van der Waals surface area contributed by atoms with Crippen molar-refractivity contribution in [1.82, 2.24) is 0 Å². The van der Waals surface area contributed by atoms with E-state index in [0.717, 1.165) is 0 Å². The lowest BCUT2D eigenvalue weighted by atomic mass is 10.1. The Morgan fingerprint density at radius 3 is 2.67 bits per heavy atom. The van der Waals surface area contributed by atoms with E-state index in [-0.39, 0.29) is 12.2 Å². The third kappa shape index (κ3) is 1.96. The molecule has 0 saturated heterocycles. The summed E-state index contributed by atoms with van der Waals surface area (Å²) in [7, 11) is 0. The van der Waals surface area contributed by atoms with E-state index < -0.39 is 12.1 Å². The molecule has 78 valence electrons. The second-order valence-corrected chi connectivity index (χ2v) is 3.18. The van der Waals surface area contributed by atoms with Gasteiger partial charge in [0.15, 0.2) is 0 Å². The summed E-state index contributed by atoms with van der Waals surface area (Å²) in [5, 5.41) is 12.3. The van der Waals surface area contributed by atoms with Crippen LogP contribution in [0.3, 0.4) is 0 Å². The summed E-state index contributed by atoms with van der Waals surface area (Å²) in [6, 6.07) is 5.68. The average Bonchev–Trinajstić information content (AvgIpc) is 2.68. The third-order valence-electron chi connectivity index (χ3n) is 2.12. The topological polar surface area (TPSA) is 58.9 Å². The first-order valence-corrected chi connectivity index (χ1v) is 4.38. The number of carbonyl (C=O) groups is 1. The van der Waals surface area contributed by atoms with Crippen molar-refractivity contribution in [2.45, 2.75) is 12.5 Å². The molecule has 0 spiro atoms. The van der Waals surface area contributed by atoms with Crippen LogP contribution in [0, 0.1) is 5.82 Å². The van der Waals surface area contributed by atoms with Crippen molar-refractivity contribution in [3.05, 3.63) is 35.6 Å². The van der Waals surface area contributed by atoms with E-state index >= 15 is 0 Å². The van der Waals surface area contributed by atoms with Crippen LogP contribution < -0.4 is 0 Å². The van der Waals surface area contributed by atoms with Crippen LogP contribution >= 0.6 is 0 Å². The zero-order valence-electron chi connectivity index (χ0n) is 7.68. The van der Waals surface area contributed by atoms with Gasteiger partial charge in [0.1, 0.15) is 5.82 Å². The Balaban J connectivity index is 2.14. The van der Waals surface area contributed by atoms with Crippen LogP contribution in [0.4, 0.5) is 4.39 Å². The Labute approximate surface area is 85.0 Å². The van der Waals surface area contributed by atoms with E-state index in [2.05, 4.69) is 5.16 Å². The van der Waals surface area contributed by atoms with E-state index in [1.54, 1.807) is 12.1 Å². The second kappa shape index (κ2) is 3.68. The summed E-state index contributed by atoms with van der Waals surface area (Å²) < 4.78 is 12.6. The number of carboxylic acids is 1. The zero-order valence-corrected chi connectivity index (χ0v) is 7.68. The standard InChI is InChI=1S/C10H8FNO3/c11-7-3-1-6(2-4-7)8-5-9(10(13)14)15-12-8/h1-4,9H,5H2,(H,13,14)/t9-/m0/s1. The maximum Gasteiger partial charge on any atom is 0.348 e. The molecule has 1 aromatic carbocycles. The molecule has 0 aliphatic carbocycles. The lowest BCUT2D eigenvalue weighted by Gasteiger charge is -2.00. The van der Waals surface area contributed by atoms with Gasteiger partial charge in [0, 0.05) is 6.42 Å². The molecule has 1 aliphatic heterocycles. The first-order chi connectivity index (χ1) is 7.16. The Morgan fingerprint density at radius 2 is 2.13 bits per heavy atom. The molecule has 4 nitrogen and oxygen atoms in total. The number of oxime groups is 1. The van der Waals surface area contributed by atoms with Gasteiger partial charge >= 0.3 is 5.97 Å². The van der Waals surface area contributed by atoms with Gasteiger partial charge in [0.05, 0.1) is 5.71 Å². The van der Waals surface area contributed by atoms with Crippen molar-refractivity contribution in [2.24, 2.45) is 5.16 Å². The fourth-order valence-corrected chi connectivity index (χ4v) is 1.32. The Hall–Kier alpha value is -1.91. The van der Waals surface area contributed by atoms with Gasteiger partial charge in [-0.3, -0.25) is 0 Å². The van der Waals surface area contributed by atoms with Crippen molar-refractivity contribution in [3.63, 3.8) is 0 Å². The van der Waals surface area contributed by atoms with Crippen LogP contribution in [0.25, 0.3) is 0 Å². The summed E-state index contributed by atoms with van der Waals surface area (Å²) >= 11 is 0. The summed E-state index contributed by atoms with van der Waals surface area (Å²) in [5.74, 6) is -1.39. The molecule has 1 heterocycles. The van der Waals surface area contributed by atoms with Crippen LogP contribution in [0.15, 0.2) is 29.4 Å². The van der Waals surface area contributed by atoms with Crippen LogP contribution in [-0.4, -0.2) is 22.9 Å². The van der Waals surface area contributed by atoms with Gasteiger partial charge in [-0.05, 0) is 17.7 Å². The Bertz CT molecular complexity index is 413. The number of benzene rings is 1. The molecule has 1 N–H and O–H groups in total. The lowest BCUT2D eigenvalue weighted by molar-refractivity contribution is -0.148. The quantitative estimate of drug-likeness (QED) is 0.800. The summed E-state index contributed by atoms with van der Waals surface area (Å²) in [6.07, 6.45) is -0.717. The van der Waals surface area contributed by atoms with Gasteiger partial charge in [-0.15, -0.1) is 0 Å². The summed E-state index contributed by atoms with van der Waals surface area (Å²) in [4.78, 5) is 15.3. The first kappa shape index (κ1) is 9.64. The van der Waals surface area contributed by atoms with Gasteiger partial charge in [-0.2, -0.15) is 0 Å². The van der Waals surface area contributed by atoms with Gasteiger partial charge < -0.3 is 9.94 Å². The zero-order chi connectivity index (χ0) is 10.8. The fraction of sp³-hybridized carbons (Fsp3) is 0.200. The Morgan fingerprint density at radius 1 is 1.47 bits per heavy atom. The average molecular weight is 209 g/mol. The molecule has 1 atom stereocenters. The number of hydrogen-bond acceptors (Lipinski definition) is 3. The molecule has 0 saturated carbocycles. The normalized spacial score (nSPS) is 19.5. The molecule has 0 bridgehead atoms. The van der Waals surface area contributed by atoms with Crippen molar-refractivity contribution in [3.8, 4) is 0 Å². The van der Waals surface area contributed by atoms with Crippen molar-refractivity contribution < 1.29 is 19.1 Å². The molecule has 0 unspecified atom stereocenters. The van der Waals surface area contributed by atoms with Gasteiger partial charge in [0.2, 0.25) is 6.10 Å². The monoisotopic (exact) mass is 209 g/mol. The highest BCUT2D eigenvalue weighted by Gasteiger charge is 2.28. The van der Waals surface area contributed by atoms with Crippen LogP contribution in [0.1, 0.15) is 12.0 Å². The van der Waals surface area contributed by atoms with Crippen molar-refractivity contribution in [2.75, 3.05) is 0 Å². The van der Waals surface area contributed by atoms with E-state index in [0.29, 0.717) is 11.3 Å². The number of hydrogen-bond donors (Lipinski definition) is 1. The number of halogens is 1. The smallest absolute Gasteiger partial charge is 0.348 e. The summed E-state index contributed by atoms with van der Waals surface area (Å²) in [5.41, 5.74) is 1.21. The van der Waals surface area contributed by atoms with E-state index in [1.807, 2.05) is 0 Å². The predicted molar refractivity (Wildman–Crippen MR) is 50.1 cm³/mol. The molecule has 0 amide bonds. The molecule has 5 heteroatoms. The van der Waals surface area contributed by atoms with Gasteiger partial charge in [0.25, 0.3) is 0 Å². The van der Waals surface area contributed by atoms with Gasteiger partial charge in [-0.25, -0.2) is 9.18 Å². The molecular formula is C10H8FNO3. The maximum absolute atomic E-state index is 12.6. The van der Waals surface area contributed by atoms with Crippen molar-refractivity contribution >= 4 is 11.7 Å². The lowest BCUT2D eigenvalue weighted by Crippen LogP contribution is -2.19. The molecule has 1 aromatic rings. The minimum Gasteiger partial charge on any atom is -0.478 e. The second-order valence-electron chi connectivity index (χ2n) is 3.18. The molecule has 0 radical (unpaired) electrons. The van der Waals surface area contributed by atoms with Crippen LogP contribution in [0.2, 0.25) is 0 Å². The molecule has 1 aliphatic rings. The summed E-state index contributed by atoms with van der Waals surface area (Å²) in [6.45, 7) is 0. The largest absolute Gasteiger partial charge is 0.478 e. The third-order valence-corrected chi connectivity index (χ3v) is 2.12. The minimum absolute atomic E-state index is 0.209. The van der Waals surface area contributed by atoms with Crippen LogP contribution in [0.5, 0.6) is 0 Å². The highest BCUT2D eigenvalue weighted by Crippen LogP contribution is 2.16.